The lowest BCUT2D eigenvalue weighted by atomic mass is 10.1. The third kappa shape index (κ3) is 5.64. The number of amides is 1. The molecule has 98 valence electrons. The van der Waals surface area contributed by atoms with Crippen molar-refractivity contribution in [3.63, 3.8) is 0 Å². The molecule has 0 bridgehead atoms. The van der Waals surface area contributed by atoms with Crippen LogP contribution in [0.4, 0.5) is 0 Å². The Morgan fingerprint density at radius 1 is 1.33 bits per heavy atom. The van der Waals surface area contributed by atoms with Crippen molar-refractivity contribution in [1.82, 2.24) is 5.32 Å². The maximum Gasteiger partial charge on any atom is 0.246 e. The molecule has 0 spiro atoms. The van der Waals surface area contributed by atoms with E-state index in [9.17, 15) is 4.79 Å². The summed E-state index contributed by atoms with van der Waals surface area (Å²) in [4.78, 5) is 11.8. The van der Waals surface area contributed by atoms with E-state index in [4.69, 9.17) is 4.74 Å². The van der Waals surface area contributed by atoms with Crippen molar-refractivity contribution in [1.29, 1.82) is 0 Å². The number of rotatable bonds is 7. The molecular formula is C15H21NO2. The number of nitrogens with one attached hydrogen (secondary N) is 1. The minimum absolute atomic E-state index is 0.0182. The van der Waals surface area contributed by atoms with Crippen LogP contribution in [0.15, 0.2) is 35.9 Å². The van der Waals surface area contributed by atoms with E-state index in [2.05, 4.69) is 5.32 Å². The molecule has 0 saturated carbocycles. The summed E-state index contributed by atoms with van der Waals surface area (Å²) < 4.78 is 5.21. The van der Waals surface area contributed by atoms with Crippen LogP contribution in [0.2, 0.25) is 0 Å². The lowest BCUT2D eigenvalue weighted by Gasteiger charge is -2.05. The van der Waals surface area contributed by atoms with Crippen molar-refractivity contribution >= 4 is 12.0 Å². The summed E-state index contributed by atoms with van der Waals surface area (Å²) in [7, 11) is 0. The fraction of sp³-hybridized carbons (Fsp3) is 0.400. The molecule has 0 heterocycles. The normalized spacial score (nSPS) is 11.3. The maximum absolute atomic E-state index is 11.8. The first-order valence-corrected chi connectivity index (χ1v) is 6.33. The fourth-order valence-corrected chi connectivity index (χ4v) is 1.52. The number of carbonyl (C=O) groups is 1. The molecule has 3 heteroatoms. The zero-order chi connectivity index (χ0) is 13.2. The molecule has 3 nitrogen and oxygen atoms in total. The largest absolute Gasteiger partial charge is 0.382 e. The summed E-state index contributed by atoms with van der Waals surface area (Å²) in [5, 5.41) is 2.87. The second-order valence-electron chi connectivity index (χ2n) is 4.04. The molecule has 1 aromatic carbocycles. The van der Waals surface area contributed by atoms with Gasteiger partial charge in [-0.25, -0.2) is 0 Å². The van der Waals surface area contributed by atoms with Crippen molar-refractivity contribution < 1.29 is 9.53 Å². The summed E-state index contributed by atoms with van der Waals surface area (Å²) >= 11 is 0. The van der Waals surface area contributed by atoms with Crippen LogP contribution in [0.25, 0.3) is 6.08 Å². The van der Waals surface area contributed by atoms with E-state index in [1.54, 1.807) is 0 Å². The molecule has 1 rings (SSSR count). The predicted octanol–water partition coefficient (Wildman–Crippen LogP) is 2.63. The Morgan fingerprint density at radius 2 is 2.06 bits per heavy atom. The fourth-order valence-electron chi connectivity index (χ4n) is 1.52. The Balaban J connectivity index is 2.35. The first kappa shape index (κ1) is 14.5. The van der Waals surface area contributed by atoms with Gasteiger partial charge in [-0.3, -0.25) is 4.79 Å². The summed E-state index contributed by atoms with van der Waals surface area (Å²) in [5.41, 5.74) is 1.76. The average Bonchev–Trinajstić information content (AvgIpc) is 2.39. The van der Waals surface area contributed by atoms with Gasteiger partial charge in [-0.2, -0.15) is 0 Å². The number of benzene rings is 1. The molecule has 0 saturated heterocycles. The molecular weight excluding hydrogens is 226 g/mol. The molecule has 18 heavy (non-hydrogen) atoms. The first-order valence-electron chi connectivity index (χ1n) is 6.33. The van der Waals surface area contributed by atoms with Crippen molar-refractivity contribution in [3.8, 4) is 0 Å². The van der Waals surface area contributed by atoms with Gasteiger partial charge in [-0.1, -0.05) is 30.3 Å². The van der Waals surface area contributed by atoms with Crippen LogP contribution >= 0.6 is 0 Å². The van der Waals surface area contributed by atoms with Crippen LogP contribution in [0.5, 0.6) is 0 Å². The zero-order valence-electron chi connectivity index (χ0n) is 11.1. The minimum Gasteiger partial charge on any atom is -0.382 e. The molecule has 0 aromatic heterocycles. The summed E-state index contributed by atoms with van der Waals surface area (Å²) in [6.45, 7) is 5.86. The molecule has 1 amide bonds. The Kier molecular flexibility index (Phi) is 6.81. The van der Waals surface area contributed by atoms with Crippen LogP contribution in [-0.2, 0) is 9.53 Å². The quantitative estimate of drug-likeness (QED) is 0.594. The van der Waals surface area contributed by atoms with Crippen molar-refractivity contribution in [2.75, 3.05) is 19.8 Å². The van der Waals surface area contributed by atoms with E-state index in [1.807, 2.05) is 50.3 Å². The minimum atomic E-state index is -0.0182. The Labute approximate surface area is 109 Å². The van der Waals surface area contributed by atoms with Gasteiger partial charge >= 0.3 is 0 Å². The zero-order valence-corrected chi connectivity index (χ0v) is 11.1. The molecule has 0 fully saturated rings. The monoisotopic (exact) mass is 247 g/mol. The molecule has 0 atom stereocenters. The topological polar surface area (TPSA) is 38.3 Å². The van der Waals surface area contributed by atoms with Gasteiger partial charge in [-0.05, 0) is 31.9 Å². The molecule has 0 aliphatic heterocycles. The average molecular weight is 247 g/mol. The molecule has 0 radical (unpaired) electrons. The van der Waals surface area contributed by atoms with Gasteiger partial charge in [0.2, 0.25) is 5.91 Å². The van der Waals surface area contributed by atoms with Crippen LogP contribution in [0, 0.1) is 0 Å². The third-order valence-corrected chi connectivity index (χ3v) is 2.50. The van der Waals surface area contributed by atoms with Gasteiger partial charge in [-0.15, -0.1) is 0 Å². The lowest BCUT2D eigenvalue weighted by Crippen LogP contribution is -2.25. The van der Waals surface area contributed by atoms with Gasteiger partial charge < -0.3 is 10.1 Å². The van der Waals surface area contributed by atoms with E-state index in [0.717, 1.165) is 24.2 Å². The Morgan fingerprint density at radius 3 is 2.72 bits per heavy atom. The number of hydrogen-bond donors (Lipinski definition) is 1. The standard InChI is InChI=1S/C15H21NO2/c1-3-18-11-7-10-16-15(17)13(2)12-14-8-5-4-6-9-14/h4-6,8-9,12H,3,7,10-11H2,1-2H3,(H,16,17). The SMILES string of the molecule is CCOCCCNC(=O)C(C)=Cc1ccccc1. The van der Waals surface area contributed by atoms with Crippen molar-refractivity contribution in [2.24, 2.45) is 0 Å². The molecule has 0 unspecified atom stereocenters. The number of ether oxygens (including phenoxy) is 1. The molecule has 0 aliphatic rings. The Hall–Kier alpha value is -1.61. The molecule has 1 aromatic rings. The second kappa shape index (κ2) is 8.48. The van der Waals surface area contributed by atoms with E-state index < -0.39 is 0 Å². The van der Waals surface area contributed by atoms with Crippen LogP contribution < -0.4 is 5.32 Å². The van der Waals surface area contributed by atoms with E-state index >= 15 is 0 Å². The van der Waals surface area contributed by atoms with Gasteiger partial charge in [0.15, 0.2) is 0 Å². The van der Waals surface area contributed by atoms with Crippen LogP contribution in [0.3, 0.4) is 0 Å². The van der Waals surface area contributed by atoms with Crippen molar-refractivity contribution in [3.05, 3.63) is 41.5 Å². The van der Waals surface area contributed by atoms with Gasteiger partial charge in [0.1, 0.15) is 0 Å². The number of carbonyl (C=O) groups excluding carboxylic acids is 1. The van der Waals surface area contributed by atoms with Crippen molar-refractivity contribution in [2.45, 2.75) is 20.3 Å². The second-order valence-corrected chi connectivity index (χ2v) is 4.04. The van der Waals surface area contributed by atoms with E-state index in [-0.39, 0.29) is 5.91 Å². The smallest absolute Gasteiger partial charge is 0.246 e. The lowest BCUT2D eigenvalue weighted by molar-refractivity contribution is -0.117. The van der Waals surface area contributed by atoms with Gasteiger partial charge in [0.05, 0.1) is 0 Å². The predicted molar refractivity (Wildman–Crippen MR) is 74.2 cm³/mol. The number of hydrogen-bond acceptors (Lipinski definition) is 2. The third-order valence-electron chi connectivity index (χ3n) is 2.50. The molecule has 0 aliphatic carbocycles. The molecule has 1 N–H and O–H groups in total. The first-order chi connectivity index (χ1) is 8.74. The highest BCUT2D eigenvalue weighted by atomic mass is 16.5. The van der Waals surface area contributed by atoms with Gasteiger partial charge in [0.25, 0.3) is 0 Å². The maximum atomic E-state index is 11.8. The van der Waals surface area contributed by atoms with E-state index in [1.165, 1.54) is 0 Å². The Bertz CT molecular complexity index is 385. The van der Waals surface area contributed by atoms with Crippen LogP contribution in [-0.4, -0.2) is 25.7 Å². The van der Waals surface area contributed by atoms with Crippen LogP contribution in [0.1, 0.15) is 25.8 Å². The summed E-state index contributed by atoms with van der Waals surface area (Å²) in [6, 6.07) is 9.83. The highest BCUT2D eigenvalue weighted by Gasteiger charge is 2.02. The highest BCUT2D eigenvalue weighted by molar-refractivity contribution is 5.97. The summed E-state index contributed by atoms with van der Waals surface area (Å²) in [6.07, 6.45) is 2.73. The van der Waals surface area contributed by atoms with E-state index in [0.29, 0.717) is 13.2 Å². The highest BCUT2D eigenvalue weighted by Crippen LogP contribution is 2.05. The summed E-state index contributed by atoms with van der Waals surface area (Å²) in [5.74, 6) is -0.0182. The van der Waals surface area contributed by atoms with Gasteiger partial charge in [0, 0.05) is 25.3 Å².